The van der Waals surface area contributed by atoms with Gasteiger partial charge < -0.3 is 18.9 Å². The van der Waals surface area contributed by atoms with Gasteiger partial charge in [-0.15, -0.1) is 0 Å². The molecule has 0 spiro atoms. The largest absolute Gasteiger partial charge is 0.466 e. The van der Waals surface area contributed by atoms with E-state index in [9.17, 15) is 9.59 Å². The number of carbonyl (C=O) groups excluding carboxylic acids is 2. The van der Waals surface area contributed by atoms with Gasteiger partial charge in [0, 0.05) is 19.1 Å². The van der Waals surface area contributed by atoms with Crippen LogP contribution in [0.2, 0.25) is 0 Å². The Balaban J connectivity index is 1.21. The van der Waals surface area contributed by atoms with Crippen molar-refractivity contribution >= 4 is 11.9 Å². The van der Waals surface area contributed by atoms with Gasteiger partial charge in [0.1, 0.15) is 0 Å². The van der Waals surface area contributed by atoms with Crippen LogP contribution in [0.5, 0.6) is 0 Å². The lowest BCUT2D eigenvalue weighted by atomic mass is 9.79. The fraction of sp³-hybridized carbons (Fsp3) is 0.903. The van der Waals surface area contributed by atoms with Gasteiger partial charge in [-0.25, -0.2) is 0 Å². The molecule has 0 aromatic rings. The second-order valence-electron chi connectivity index (χ2n) is 11.7. The number of esters is 2. The summed E-state index contributed by atoms with van der Waals surface area (Å²) in [6.45, 7) is 5.71. The zero-order valence-corrected chi connectivity index (χ0v) is 24.8. The number of azo groups is 1. The van der Waals surface area contributed by atoms with Crippen molar-refractivity contribution in [2.24, 2.45) is 28.0 Å². The summed E-state index contributed by atoms with van der Waals surface area (Å²) in [7, 11) is 0. The quantitative estimate of drug-likeness (QED) is 0.130. The van der Waals surface area contributed by atoms with E-state index < -0.39 is 0 Å². The van der Waals surface area contributed by atoms with Crippen LogP contribution in [-0.4, -0.2) is 62.7 Å². The summed E-state index contributed by atoms with van der Waals surface area (Å²) < 4.78 is 22.7. The first-order valence-electron chi connectivity index (χ1n) is 15.9. The Morgan fingerprint density at radius 1 is 0.675 bits per heavy atom. The predicted molar refractivity (Wildman–Crippen MR) is 151 cm³/mol. The van der Waals surface area contributed by atoms with E-state index in [1.54, 1.807) is 13.8 Å². The Morgan fingerprint density at radius 2 is 1.15 bits per heavy atom. The predicted octanol–water partition coefficient (Wildman–Crippen LogP) is 6.34. The van der Waals surface area contributed by atoms with Gasteiger partial charge in [0.05, 0.1) is 55.4 Å². The SMILES string of the molecule is CCOC(=O)C1CC(OCCCCCCOC2CCC(N=NC3CCC(C#N)CC3)CC2)CC(C(=O)OCC)C1. The third-order valence-corrected chi connectivity index (χ3v) is 8.57. The molecular formula is C31H51N3O6. The fourth-order valence-corrected chi connectivity index (χ4v) is 6.20. The standard InChI is InChI=1S/C31H51N3O6/c1-3-37-30(35)24-19-25(31(36)38-4-2)21-29(20-24)40-18-8-6-5-7-17-39-28-15-13-27(14-16-28)34-33-26-11-9-23(22-32)10-12-26/h23-29H,3-21H2,1-2H3. The van der Waals surface area contributed by atoms with Crippen LogP contribution in [0, 0.1) is 29.1 Å². The van der Waals surface area contributed by atoms with Gasteiger partial charge in [0.2, 0.25) is 0 Å². The molecule has 0 amide bonds. The Hall–Kier alpha value is -2.05. The van der Waals surface area contributed by atoms with E-state index in [1.165, 1.54) is 0 Å². The molecule has 0 heterocycles. The van der Waals surface area contributed by atoms with Crippen molar-refractivity contribution in [2.45, 2.75) is 134 Å². The average molecular weight is 562 g/mol. The minimum atomic E-state index is -0.307. The van der Waals surface area contributed by atoms with E-state index in [1.807, 2.05) is 0 Å². The van der Waals surface area contributed by atoms with Crippen molar-refractivity contribution < 1.29 is 28.5 Å². The van der Waals surface area contributed by atoms with Gasteiger partial charge in [-0.3, -0.25) is 9.59 Å². The minimum Gasteiger partial charge on any atom is -0.466 e. The van der Waals surface area contributed by atoms with Gasteiger partial charge in [0.15, 0.2) is 0 Å². The van der Waals surface area contributed by atoms with Crippen LogP contribution in [0.15, 0.2) is 10.2 Å². The summed E-state index contributed by atoms with van der Waals surface area (Å²) in [6.07, 6.45) is 14.2. The van der Waals surface area contributed by atoms with Gasteiger partial charge in [-0.05, 0) is 97.3 Å². The van der Waals surface area contributed by atoms with Crippen LogP contribution < -0.4 is 0 Å². The number of nitrogens with zero attached hydrogens (tertiary/aromatic N) is 3. The van der Waals surface area contributed by atoms with Crippen LogP contribution >= 0.6 is 0 Å². The fourth-order valence-electron chi connectivity index (χ4n) is 6.20. The Labute approximate surface area is 240 Å². The highest BCUT2D eigenvalue weighted by Gasteiger charge is 2.38. The van der Waals surface area contributed by atoms with E-state index in [0.29, 0.717) is 57.3 Å². The lowest BCUT2D eigenvalue weighted by Gasteiger charge is -2.32. The van der Waals surface area contributed by atoms with Crippen LogP contribution in [0.3, 0.4) is 0 Å². The van der Waals surface area contributed by atoms with Gasteiger partial charge >= 0.3 is 11.9 Å². The third kappa shape index (κ3) is 11.4. The molecule has 3 aliphatic rings. The number of hydrogen-bond acceptors (Lipinski definition) is 9. The number of hydrogen-bond donors (Lipinski definition) is 0. The van der Waals surface area contributed by atoms with Gasteiger partial charge in [0.25, 0.3) is 0 Å². The minimum absolute atomic E-state index is 0.117. The number of unbranched alkanes of at least 4 members (excludes halogenated alkanes) is 3. The van der Waals surface area contributed by atoms with Gasteiger partial charge in [-0.2, -0.15) is 15.5 Å². The second-order valence-corrected chi connectivity index (χ2v) is 11.7. The number of rotatable bonds is 15. The highest BCUT2D eigenvalue weighted by atomic mass is 16.5. The van der Waals surface area contributed by atoms with Crippen LogP contribution in [0.1, 0.15) is 110 Å². The van der Waals surface area contributed by atoms with Gasteiger partial charge in [-0.1, -0.05) is 12.8 Å². The normalized spacial score (nSPS) is 31.0. The maximum atomic E-state index is 12.3. The first kappa shape index (κ1) is 32.5. The first-order valence-corrected chi connectivity index (χ1v) is 15.9. The molecule has 0 saturated heterocycles. The molecule has 9 nitrogen and oxygen atoms in total. The Bertz CT molecular complexity index is 788. The first-order chi connectivity index (χ1) is 19.5. The topological polar surface area (TPSA) is 120 Å². The molecule has 40 heavy (non-hydrogen) atoms. The van der Waals surface area contributed by atoms with Crippen LogP contribution in [0.25, 0.3) is 0 Å². The molecule has 3 rings (SSSR count). The highest BCUT2D eigenvalue weighted by molar-refractivity contribution is 5.76. The van der Waals surface area contributed by atoms with Crippen molar-refractivity contribution in [2.75, 3.05) is 26.4 Å². The molecule has 0 bridgehead atoms. The Kier molecular flexibility index (Phi) is 14.9. The smallest absolute Gasteiger partial charge is 0.309 e. The van der Waals surface area contributed by atoms with Crippen molar-refractivity contribution in [3.63, 3.8) is 0 Å². The summed E-state index contributed by atoms with van der Waals surface area (Å²) in [5.74, 6) is -0.874. The van der Waals surface area contributed by atoms with E-state index in [0.717, 1.165) is 83.7 Å². The molecular weight excluding hydrogens is 510 g/mol. The zero-order valence-electron chi connectivity index (χ0n) is 24.8. The summed E-state index contributed by atoms with van der Waals surface area (Å²) in [4.78, 5) is 24.6. The molecule has 2 unspecified atom stereocenters. The third-order valence-electron chi connectivity index (χ3n) is 8.57. The van der Waals surface area contributed by atoms with E-state index >= 15 is 0 Å². The molecule has 0 aliphatic heterocycles. The molecule has 0 radical (unpaired) electrons. The maximum absolute atomic E-state index is 12.3. The lowest BCUT2D eigenvalue weighted by molar-refractivity contribution is -0.158. The zero-order chi connectivity index (χ0) is 28.6. The molecule has 3 fully saturated rings. The summed E-state index contributed by atoms with van der Waals surface area (Å²) in [6, 6.07) is 3.02. The molecule has 0 N–H and O–H groups in total. The van der Waals surface area contributed by atoms with Crippen LogP contribution in [0.4, 0.5) is 0 Å². The maximum Gasteiger partial charge on any atom is 0.309 e. The van der Waals surface area contributed by atoms with E-state index in [2.05, 4.69) is 16.3 Å². The lowest BCUT2D eigenvalue weighted by Crippen LogP contribution is -2.37. The van der Waals surface area contributed by atoms with E-state index in [-0.39, 0.29) is 35.8 Å². The monoisotopic (exact) mass is 561 g/mol. The van der Waals surface area contributed by atoms with Crippen molar-refractivity contribution in [3.05, 3.63) is 0 Å². The molecule has 2 atom stereocenters. The van der Waals surface area contributed by atoms with Crippen molar-refractivity contribution in [1.29, 1.82) is 5.26 Å². The van der Waals surface area contributed by atoms with Crippen LogP contribution in [-0.2, 0) is 28.5 Å². The molecule has 3 saturated carbocycles. The molecule has 9 heteroatoms. The molecule has 226 valence electrons. The molecule has 0 aromatic heterocycles. The van der Waals surface area contributed by atoms with E-state index in [4.69, 9.17) is 24.2 Å². The number of ether oxygens (including phenoxy) is 4. The highest BCUT2D eigenvalue weighted by Crippen LogP contribution is 2.33. The average Bonchev–Trinajstić information content (AvgIpc) is 2.98. The molecule has 3 aliphatic carbocycles. The number of carbonyl (C=O) groups is 2. The van der Waals surface area contributed by atoms with Crippen molar-refractivity contribution in [1.82, 2.24) is 0 Å². The Morgan fingerprint density at radius 3 is 1.62 bits per heavy atom. The summed E-state index contributed by atoms with van der Waals surface area (Å²) >= 11 is 0. The summed E-state index contributed by atoms with van der Waals surface area (Å²) in [5, 5.41) is 18.3. The molecule has 0 aromatic carbocycles. The second kappa shape index (κ2) is 18.4. The van der Waals surface area contributed by atoms with Crippen molar-refractivity contribution in [3.8, 4) is 6.07 Å². The number of nitriles is 1. The summed E-state index contributed by atoms with van der Waals surface area (Å²) in [5.41, 5.74) is 0.